The summed E-state index contributed by atoms with van der Waals surface area (Å²) in [6, 6.07) is 5.23. The largest absolute Gasteiger partial charge is 0.494 e. The van der Waals surface area contributed by atoms with Crippen LogP contribution in [0.4, 0.5) is 4.39 Å². The van der Waals surface area contributed by atoms with Crippen LogP contribution in [0.3, 0.4) is 0 Å². The van der Waals surface area contributed by atoms with Crippen LogP contribution in [0, 0.1) is 11.2 Å². The maximum absolute atomic E-state index is 14.3. The number of hydrogen-bond donors (Lipinski definition) is 1. The molecule has 0 spiro atoms. The molecule has 0 heterocycles. The lowest BCUT2D eigenvalue weighted by Crippen LogP contribution is -2.43. The molecule has 2 rings (SSSR count). The van der Waals surface area contributed by atoms with Gasteiger partial charge in [-0.3, -0.25) is 0 Å². The zero-order chi connectivity index (χ0) is 13.4. The second kappa shape index (κ2) is 4.54. The molecule has 0 aromatic heterocycles. The molecule has 0 aliphatic heterocycles. The third-order valence-corrected chi connectivity index (χ3v) is 4.22. The molecule has 0 saturated heterocycles. The SMILES string of the molecule is COc1cccc(C2(N)CCC(C)(C)CC2)c1F. The van der Waals surface area contributed by atoms with Crippen molar-refractivity contribution in [3.63, 3.8) is 0 Å². The normalized spacial score (nSPS) is 21.6. The third kappa shape index (κ3) is 2.37. The molecular formula is C15H22FNO. The van der Waals surface area contributed by atoms with Crippen molar-refractivity contribution in [3.05, 3.63) is 29.6 Å². The quantitative estimate of drug-likeness (QED) is 0.871. The van der Waals surface area contributed by atoms with Gasteiger partial charge in [-0.25, -0.2) is 4.39 Å². The first-order valence-electron chi connectivity index (χ1n) is 6.50. The Balaban J connectivity index is 2.31. The molecule has 0 radical (unpaired) electrons. The molecule has 1 aliphatic rings. The van der Waals surface area contributed by atoms with Gasteiger partial charge in [-0.05, 0) is 37.2 Å². The van der Waals surface area contributed by atoms with Gasteiger partial charge in [0.05, 0.1) is 7.11 Å². The lowest BCUT2D eigenvalue weighted by Gasteiger charge is -2.41. The monoisotopic (exact) mass is 251 g/mol. The van der Waals surface area contributed by atoms with Crippen LogP contribution in [-0.2, 0) is 5.54 Å². The van der Waals surface area contributed by atoms with Crippen molar-refractivity contribution in [2.24, 2.45) is 11.1 Å². The molecule has 2 nitrogen and oxygen atoms in total. The number of hydrogen-bond acceptors (Lipinski definition) is 2. The number of halogens is 1. The topological polar surface area (TPSA) is 35.2 Å². The molecule has 18 heavy (non-hydrogen) atoms. The van der Waals surface area contributed by atoms with Gasteiger partial charge in [0, 0.05) is 11.1 Å². The van der Waals surface area contributed by atoms with Gasteiger partial charge >= 0.3 is 0 Å². The third-order valence-electron chi connectivity index (χ3n) is 4.22. The van der Waals surface area contributed by atoms with E-state index < -0.39 is 5.54 Å². The molecule has 100 valence electrons. The van der Waals surface area contributed by atoms with E-state index in [1.54, 1.807) is 12.1 Å². The van der Waals surface area contributed by atoms with Gasteiger partial charge in [-0.1, -0.05) is 26.0 Å². The molecule has 1 fully saturated rings. The van der Waals surface area contributed by atoms with Gasteiger partial charge in [-0.2, -0.15) is 0 Å². The van der Waals surface area contributed by atoms with Crippen molar-refractivity contribution in [3.8, 4) is 5.75 Å². The second-order valence-corrected chi connectivity index (χ2v) is 6.14. The van der Waals surface area contributed by atoms with E-state index in [2.05, 4.69) is 13.8 Å². The molecule has 2 N–H and O–H groups in total. The highest BCUT2D eigenvalue weighted by Gasteiger charge is 2.38. The molecule has 0 bridgehead atoms. The van der Waals surface area contributed by atoms with Crippen LogP contribution in [0.1, 0.15) is 45.1 Å². The Morgan fingerprint density at radius 1 is 1.17 bits per heavy atom. The summed E-state index contributed by atoms with van der Waals surface area (Å²) in [5.74, 6) is -0.0237. The predicted molar refractivity (Wildman–Crippen MR) is 71.1 cm³/mol. The number of ether oxygens (including phenoxy) is 1. The first kappa shape index (κ1) is 13.3. The summed E-state index contributed by atoms with van der Waals surface area (Å²) >= 11 is 0. The highest BCUT2D eigenvalue weighted by molar-refractivity contribution is 5.36. The Labute approximate surface area is 108 Å². The smallest absolute Gasteiger partial charge is 0.170 e. The summed E-state index contributed by atoms with van der Waals surface area (Å²) in [5, 5.41) is 0. The van der Waals surface area contributed by atoms with E-state index in [0.29, 0.717) is 11.0 Å². The molecule has 3 heteroatoms. The van der Waals surface area contributed by atoms with E-state index >= 15 is 0 Å². The second-order valence-electron chi connectivity index (χ2n) is 6.14. The highest BCUT2D eigenvalue weighted by atomic mass is 19.1. The van der Waals surface area contributed by atoms with Gasteiger partial charge in [0.1, 0.15) is 0 Å². The Morgan fingerprint density at radius 3 is 2.33 bits per heavy atom. The Hall–Kier alpha value is -1.09. The molecule has 1 aromatic rings. The highest BCUT2D eigenvalue weighted by Crippen LogP contribution is 2.45. The minimum absolute atomic E-state index is 0.280. The minimum atomic E-state index is -0.547. The first-order chi connectivity index (χ1) is 8.38. The maximum atomic E-state index is 14.3. The summed E-state index contributed by atoms with van der Waals surface area (Å²) in [6.45, 7) is 4.49. The molecule has 0 atom stereocenters. The van der Waals surface area contributed by atoms with Gasteiger partial charge < -0.3 is 10.5 Å². The van der Waals surface area contributed by atoms with Gasteiger partial charge in [0.15, 0.2) is 11.6 Å². The van der Waals surface area contributed by atoms with E-state index in [1.165, 1.54) is 7.11 Å². The minimum Gasteiger partial charge on any atom is -0.494 e. The average Bonchev–Trinajstić information content (AvgIpc) is 2.34. The zero-order valence-corrected chi connectivity index (χ0v) is 11.4. The van der Waals surface area contributed by atoms with Gasteiger partial charge in [0.2, 0.25) is 0 Å². The van der Waals surface area contributed by atoms with E-state index in [4.69, 9.17) is 10.5 Å². The fraction of sp³-hybridized carbons (Fsp3) is 0.600. The molecule has 1 saturated carbocycles. The van der Waals surface area contributed by atoms with E-state index in [-0.39, 0.29) is 11.6 Å². The van der Waals surface area contributed by atoms with Crippen LogP contribution < -0.4 is 10.5 Å². The summed E-state index contributed by atoms with van der Waals surface area (Å²) in [7, 11) is 1.48. The number of nitrogens with two attached hydrogens (primary N) is 1. The molecule has 0 amide bonds. The molecule has 0 unspecified atom stereocenters. The van der Waals surface area contributed by atoms with Gasteiger partial charge in [0.25, 0.3) is 0 Å². The van der Waals surface area contributed by atoms with Crippen molar-refractivity contribution < 1.29 is 9.13 Å². The van der Waals surface area contributed by atoms with Crippen molar-refractivity contribution in [2.75, 3.05) is 7.11 Å². The Kier molecular flexibility index (Phi) is 3.37. The zero-order valence-electron chi connectivity index (χ0n) is 11.4. The number of benzene rings is 1. The van der Waals surface area contributed by atoms with Crippen LogP contribution in [0.5, 0.6) is 5.75 Å². The lowest BCUT2D eigenvalue weighted by molar-refractivity contribution is 0.162. The van der Waals surface area contributed by atoms with E-state index in [1.807, 2.05) is 6.07 Å². The maximum Gasteiger partial charge on any atom is 0.170 e. The molecule has 1 aromatic carbocycles. The fourth-order valence-electron chi connectivity index (χ4n) is 2.70. The fourth-order valence-corrected chi connectivity index (χ4v) is 2.70. The van der Waals surface area contributed by atoms with Crippen molar-refractivity contribution in [2.45, 2.75) is 45.1 Å². The van der Waals surface area contributed by atoms with Crippen molar-refractivity contribution >= 4 is 0 Å². The summed E-state index contributed by atoms with van der Waals surface area (Å²) in [5.41, 5.74) is 6.80. The van der Waals surface area contributed by atoms with E-state index in [9.17, 15) is 4.39 Å². The Morgan fingerprint density at radius 2 is 1.78 bits per heavy atom. The van der Waals surface area contributed by atoms with Crippen molar-refractivity contribution in [1.29, 1.82) is 0 Å². The summed E-state index contributed by atoms with van der Waals surface area (Å²) in [6.07, 6.45) is 3.70. The van der Waals surface area contributed by atoms with Crippen molar-refractivity contribution in [1.82, 2.24) is 0 Å². The van der Waals surface area contributed by atoms with E-state index in [0.717, 1.165) is 25.7 Å². The lowest BCUT2D eigenvalue weighted by atomic mass is 9.67. The Bertz CT molecular complexity index is 432. The summed E-state index contributed by atoms with van der Waals surface area (Å²) in [4.78, 5) is 0. The van der Waals surface area contributed by atoms with Crippen LogP contribution >= 0.6 is 0 Å². The van der Waals surface area contributed by atoms with Crippen LogP contribution in [-0.4, -0.2) is 7.11 Å². The summed E-state index contributed by atoms with van der Waals surface area (Å²) < 4.78 is 19.3. The predicted octanol–water partition coefficient (Wildman–Crippen LogP) is 3.59. The number of rotatable bonds is 2. The number of methoxy groups -OCH3 is 1. The standard InChI is InChI=1S/C15H22FNO/c1-14(2)7-9-15(17,10-8-14)11-5-4-6-12(18-3)13(11)16/h4-6H,7-10,17H2,1-3H3. The average molecular weight is 251 g/mol. The van der Waals surface area contributed by atoms with Gasteiger partial charge in [-0.15, -0.1) is 0 Å². The first-order valence-corrected chi connectivity index (χ1v) is 6.50. The van der Waals surface area contributed by atoms with Crippen LogP contribution in [0.2, 0.25) is 0 Å². The molecule has 1 aliphatic carbocycles. The van der Waals surface area contributed by atoms with Crippen LogP contribution in [0.25, 0.3) is 0 Å². The molecular weight excluding hydrogens is 229 g/mol. The van der Waals surface area contributed by atoms with Crippen LogP contribution in [0.15, 0.2) is 18.2 Å².